The average molecular weight is 428 g/mol. The van der Waals surface area contributed by atoms with E-state index in [9.17, 15) is 18.0 Å². The molecule has 2 heterocycles. The van der Waals surface area contributed by atoms with Crippen molar-refractivity contribution in [1.82, 2.24) is 15.0 Å². The number of carbonyl (C=O) groups excluding carboxylic acids is 1. The average Bonchev–Trinajstić information content (AvgIpc) is 2.73. The maximum absolute atomic E-state index is 13.4. The molecule has 0 bridgehead atoms. The minimum atomic E-state index is -2.78. The van der Waals surface area contributed by atoms with Gasteiger partial charge in [0.05, 0.1) is 17.9 Å². The van der Waals surface area contributed by atoms with Gasteiger partial charge in [-0.3, -0.25) is 9.78 Å². The van der Waals surface area contributed by atoms with Gasteiger partial charge in [0.25, 0.3) is 6.43 Å². The molecule has 3 rings (SSSR count). The van der Waals surface area contributed by atoms with Crippen LogP contribution in [0.3, 0.4) is 0 Å². The quantitative estimate of drug-likeness (QED) is 0.318. The Bertz CT molecular complexity index is 1100. The monoisotopic (exact) mass is 428 g/mol. The molecule has 31 heavy (non-hydrogen) atoms. The molecule has 0 aliphatic carbocycles. The standard InChI is InChI=1S/C22H19F3N4O2/c1-13-11-15(12-17(27-13)20(24)25)18-19(14-5-7-16(23)8-6-14)28-22(26)29-21(18)31-10-4-2-3-9-30/h2-3,5-9,11-12,20H,4,10H2,1H3,(H2,26,28,29)/b3-2-. The summed E-state index contributed by atoms with van der Waals surface area (Å²) in [5, 5.41) is 0. The summed E-state index contributed by atoms with van der Waals surface area (Å²) in [6, 6.07) is 8.35. The molecule has 6 nitrogen and oxygen atoms in total. The van der Waals surface area contributed by atoms with Crippen LogP contribution in [-0.4, -0.2) is 27.8 Å². The number of hydrogen-bond acceptors (Lipinski definition) is 6. The summed E-state index contributed by atoms with van der Waals surface area (Å²) in [5.74, 6) is -0.455. The van der Waals surface area contributed by atoms with E-state index in [1.54, 1.807) is 19.1 Å². The lowest BCUT2D eigenvalue weighted by atomic mass is 9.99. The van der Waals surface area contributed by atoms with Crippen LogP contribution in [0.1, 0.15) is 24.2 Å². The van der Waals surface area contributed by atoms with Crippen molar-refractivity contribution >= 4 is 12.2 Å². The molecule has 0 unspecified atom stereocenters. The number of hydrogen-bond donors (Lipinski definition) is 1. The Morgan fingerprint density at radius 1 is 1.10 bits per heavy atom. The molecule has 160 valence electrons. The topological polar surface area (TPSA) is 91.0 Å². The smallest absolute Gasteiger partial charge is 0.280 e. The SMILES string of the molecule is Cc1cc(-c2c(OCC/C=C\C=O)nc(N)nc2-c2ccc(F)cc2)cc(C(F)F)n1. The molecule has 1 aromatic carbocycles. The number of anilines is 1. The Hall–Kier alpha value is -3.75. The summed E-state index contributed by atoms with van der Waals surface area (Å²) in [4.78, 5) is 22.7. The zero-order valence-electron chi connectivity index (χ0n) is 16.6. The number of carbonyl (C=O) groups is 1. The first-order valence-electron chi connectivity index (χ1n) is 9.32. The van der Waals surface area contributed by atoms with E-state index in [0.29, 0.717) is 40.8 Å². The summed E-state index contributed by atoms with van der Waals surface area (Å²) >= 11 is 0. The van der Waals surface area contributed by atoms with Crippen LogP contribution in [0.4, 0.5) is 19.1 Å². The number of allylic oxidation sites excluding steroid dienone is 1. The lowest BCUT2D eigenvalue weighted by Gasteiger charge is -2.16. The second-order valence-electron chi connectivity index (χ2n) is 6.54. The molecule has 0 saturated heterocycles. The summed E-state index contributed by atoms with van der Waals surface area (Å²) in [7, 11) is 0. The van der Waals surface area contributed by atoms with Crippen LogP contribution in [0.5, 0.6) is 5.88 Å². The molecule has 9 heteroatoms. The maximum Gasteiger partial charge on any atom is 0.280 e. The van der Waals surface area contributed by atoms with Crippen LogP contribution >= 0.6 is 0 Å². The number of halogens is 3. The fourth-order valence-electron chi connectivity index (χ4n) is 2.96. The Labute approximate surface area is 176 Å². The first kappa shape index (κ1) is 21.9. The molecular weight excluding hydrogens is 409 g/mol. The molecule has 0 atom stereocenters. The normalized spacial score (nSPS) is 11.3. The lowest BCUT2D eigenvalue weighted by molar-refractivity contribution is -0.104. The van der Waals surface area contributed by atoms with Gasteiger partial charge in [-0.15, -0.1) is 0 Å². The van der Waals surface area contributed by atoms with Crippen LogP contribution in [-0.2, 0) is 4.79 Å². The van der Waals surface area contributed by atoms with Crippen molar-refractivity contribution in [2.45, 2.75) is 19.8 Å². The van der Waals surface area contributed by atoms with Crippen LogP contribution in [0.15, 0.2) is 48.6 Å². The largest absolute Gasteiger partial charge is 0.477 e. The Morgan fingerprint density at radius 2 is 1.84 bits per heavy atom. The highest BCUT2D eigenvalue weighted by molar-refractivity contribution is 5.85. The summed E-state index contributed by atoms with van der Waals surface area (Å²) < 4.78 is 46.0. The van der Waals surface area contributed by atoms with Crippen LogP contribution in [0.2, 0.25) is 0 Å². The van der Waals surface area contributed by atoms with Gasteiger partial charge >= 0.3 is 0 Å². The fraction of sp³-hybridized carbons (Fsp3) is 0.182. The minimum absolute atomic E-state index is 0.0807. The number of nitrogens with zero attached hydrogens (tertiary/aromatic N) is 3. The molecule has 2 N–H and O–H groups in total. The van der Waals surface area contributed by atoms with Gasteiger partial charge < -0.3 is 10.5 Å². The third-order valence-electron chi connectivity index (χ3n) is 4.23. The minimum Gasteiger partial charge on any atom is -0.477 e. The molecule has 0 radical (unpaired) electrons. The molecule has 0 saturated carbocycles. The van der Waals surface area contributed by atoms with Crippen LogP contribution < -0.4 is 10.5 Å². The third kappa shape index (κ3) is 5.44. The zero-order chi connectivity index (χ0) is 22.4. The van der Waals surface area contributed by atoms with Crippen molar-refractivity contribution in [3.8, 4) is 28.3 Å². The van der Waals surface area contributed by atoms with E-state index in [2.05, 4.69) is 15.0 Å². The summed E-state index contributed by atoms with van der Waals surface area (Å²) in [6.45, 7) is 1.75. The number of nitrogens with two attached hydrogens (primary N) is 1. The number of aldehydes is 1. The summed E-state index contributed by atoms with van der Waals surface area (Å²) in [5.41, 5.74) is 7.32. The van der Waals surface area contributed by atoms with E-state index in [1.165, 1.54) is 36.4 Å². The molecule has 0 amide bonds. The maximum atomic E-state index is 13.4. The highest BCUT2D eigenvalue weighted by Gasteiger charge is 2.21. The Balaban J connectivity index is 2.18. The predicted octanol–water partition coefficient (Wildman–Crippen LogP) is 4.70. The van der Waals surface area contributed by atoms with Gasteiger partial charge in [0.15, 0.2) is 0 Å². The molecule has 0 spiro atoms. The first-order valence-corrected chi connectivity index (χ1v) is 9.32. The van der Waals surface area contributed by atoms with E-state index in [0.717, 1.165) is 0 Å². The Morgan fingerprint density at radius 3 is 2.52 bits per heavy atom. The van der Waals surface area contributed by atoms with E-state index < -0.39 is 17.9 Å². The molecule has 3 aromatic rings. The van der Waals surface area contributed by atoms with Crippen molar-refractivity contribution in [3.63, 3.8) is 0 Å². The van der Waals surface area contributed by atoms with E-state index in [-0.39, 0.29) is 18.4 Å². The van der Waals surface area contributed by atoms with Crippen molar-refractivity contribution in [2.75, 3.05) is 12.3 Å². The molecule has 0 aliphatic rings. The van der Waals surface area contributed by atoms with Crippen molar-refractivity contribution in [2.24, 2.45) is 0 Å². The second-order valence-corrected chi connectivity index (χ2v) is 6.54. The van der Waals surface area contributed by atoms with Crippen molar-refractivity contribution in [1.29, 1.82) is 0 Å². The van der Waals surface area contributed by atoms with E-state index in [1.807, 2.05) is 0 Å². The number of aryl methyl sites for hydroxylation is 1. The lowest BCUT2D eigenvalue weighted by Crippen LogP contribution is -2.07. The summed E-state index contributed by atoms with van der Waals surface area (Å²) in [6.07, 6.45) is 1.23. The zero-order valence-corrected chi connectivity index (χ0v) is 16.6. The second kappa shape index (κ2) is 9.84. The van der Waals surface area contributed by atoms with Crippen LogP contribution in [0, 0.1) is 12.7 Å². The number of nitrogen functional groups attached to an aromatic ring is 1. The van der Waals surface area contributed by atoms with Gasteiger partial charge in [-0.1, -0.05) is 6.08 Å². The fourth-order valence-corrected chi connectivity index (χ4v) is 2.96. The van der Waals surface area contributed by atoms with Gasteiger partial charge in [-0.25, -0.2) is 18.2 Å². The van der Waals surface area contributed by atoms with E-state index >= 15 is 0 Å². The van der Waals surface area contributed by atoms with Crippen LogP contribution in [0.25, 0.3) is 22.4 Å². The van der Waals surface area contributed by atoms with Crippen molar-refractivity contribution < 1.29 is 22.7 Å². The highest BCUT2D eigenvalue weighted by atomic mass is 19.3. The van der Waals surface area contributed by atoms with E-state index in [4.69, 9.17) is 10.5 Å². The van der Waals surface area contributed by atoms with Gasteiger partial charge in [-0.05, 0) is 61.4 Å². The Kier molecular flexibility index (Phi) is 6.96. The van der Waals surface area contributed by atoms with Gasteiger partial charge in [-0.2, -0.15) is 4.98 Å². The molecule has 2 aromatic heterocycles. The highest BCUT2D eigenvalue weighted by Crippen LogP contribution is 2.39. The molecular formula is C22H19F3N4O2. The number of pyridine rings is 1. The molecule has 0 fully saturated rings. The number of rotatable bonds is 8. The number of ether oxygens (including phenoxy) is 1. The number of benzene rings is 1. The third-order valence-corrected chi connectivity index (χ3v) is 4.23. The number of alkyl halides is 2. The predicted molar refractivity (Wildman–Crippen MR) is 110 cm³/mol. The van der Waals surface area contributed by atoms with Gasteiger partial charge in [0.1, 0.15) is 17.8 Å². The number of aromatic nitrogens is 3. The molecule has 0 aliphatic heterocycles. The van der Waals surface area contributed by atoms with Gasteiger partial charge in [0, 0.05) is 11.3 Å². The van der Waals surface area contributed by atoms with Crippen molar-refractivity contribution in [3.05, 3.63) is 65.8 Å². The first-order chi connectivity index (χ1) is 14.9. The van der Waals surface area contributed by atoms with Gasteiger partial charge in [0.2, 0.25) is 11.8 Å².